The van der Waals surface area contributed by atoms with E-state index in [2.05, 4.69) is 10.2 Å². The van der Waals surface area contributed by atoms with E-state index in [0.717, 1.165) is 4.57 Å². The van der Waals surface area contributed by atoms with Gasteiger partial charge in [-0.25, -0.2) is 24.4 Å². The summed E-state index contributed by atoms with van der Waals surface area (Å²) < 4.78 is 11.3. The number of nitrogens with zero attached hydrogens (tertiary/aromatic N) is 1. The summed E-state index contributed by atoms with van der Waals surface area (Å²) in [6.07, 6.45) is 0. The minimum atomic E-state index is -0.524. The molecule has 1 aromatic carbocycles. The predicted molar refractivity (Wildman–Crippen MR) is 53.1 cm³/mol. The molecule has 16 heavy (non-hydrogen) atoms. The van der Waals surface area contributed by atoms with Crippen molar-refractivity contribution in [3.05, 3.63) is 39.2 Å². The minimum absolute atomic E-state index is 0.150. The Kier molecular flexibility index (Phi) is 1.67. The fraction of sp³-hybridized carbons (Fsp3) is 0.111. The lowest BCUT2D eigenvalue weighted by molar-refractivity contribution is 0.174. The van der Waals surface area contributed by atoms with Crippen LogP contribution in [0.1, 0.15) is 0 Å². The van der Waals surface area contributed by atoms with Crippen molar-refractivity contribution in [3.8, 4) is 17.2 Å². The van der Waals surface area contributed by atoms with Crippen LogP contribution in [0, 0.1) is 0 Å². The second kappa shape index (κ2) is 3.02. The molecule has 2 aromatic rings. The van der Waals surface area contributed by atoms with E-state index in [-0.39, 0.29) is 6.79 Å². The van der Waals surface area contributed by atoms with Gasteiger partial charge >= 0.3 is 11.4 Å². The van der Waals surface area contributed by atoms with Gasteiger partial charge in [-0.2, -0.15) is 0 Å². The molecular weight excluding hydrogens is 214 g/mol. The lowest BCUT2D eigenvalue weighted by atomic mass is 10.3. The highest BCUT2D eigenvalue weighted by molar-refractivity contribution is 5.49. The molecule has 0 saturated heterocycles. The SMILES string of the molecule is O=c1[nH][nH]c(=O)n1-c1ccc2c(c1)OCO2. The summed E-state index contributed by atoms with van der Waals surface area (Å²) in [4.78, 5) is 22.7. The van der Waals surface area contributed by atoms with E-state index in [1.807, 2.05) is 0 Å². The van der Waals surface area contributed by atoms with Gasteiger partial charge in [0.25, 0.3) is 0 Å². The van der Waals surface area contributed by atoms with E-state index < -0.39 is 11.4 Å². The molecule has 0 atom stereocenters. The molecule has 1 aromatic heterocycles. The van der Waals surface area contributed by atoms with Gasteiger partial charge in [-0.3, -0.25) is 0 Å². The van der Waals surface area contributed by atoms with E-state index in [0.29, 0.717) is 17.2 Å². The minimum Gasteiger partial charge on any atom is -0.454 e. The molecule has 2 heterocycles. The molecule has 7 nitrogen and oxygen atoms in total. The molecule has 1 aliphatic heterocycles. The Labute approximate surface area is 88.2 Å². The van der Waals surface area contributed by atoms with E-state index >= 15 is 0 Å². The number of aromatic nitrogens is 3. The highest BCUT2D eigenvalue weighted by Gasteiger charge is 2.15. The average Bonchev–Trinajstić information content (AvgIpc) is 2.85. The normalized spacial score (nSPS) is 13.0. The number of rotatable bonds is 1. The molecule has 0 bridgehead atoms. The van der Waals surface area contributed by atoms with Crippen molar-refractivity contribution in [2.45, 2.75) is 0 Å². The molecule has 0 amide bonds. The molecule has 7 heteroatoms. The molecule has 0 spiro atoms. The van der Waals surface area contributed by atoms with Crippen LogP contribution in [0.4, 0.5) is 0 Å². The predicted octanol–water partition coefficient (Wildman–Crippen LogP) is -0.417. The molecule has 1 aliphatic rings. The molecule has 2 N–H and O–H groups in total. The topological polar surface area (TPSA) is 89.1 Å². The van der Waals surface area contributed by atoms with Crippen LogP contribution in [-0.4, -0.2) is 21.6 Å². The summed E-state index contributed by atoms with van der Waals surface area (Å²) in [5.41, 5.74) is -0.621. The first-order valence-corrected chi connectivity index (χ1v) is 4.55. The number of fused-ring (bicyclic) bond motifs is 1. The van der Waals surface area contributed by atoms with Crippen LogP contribution in [0.3, 0.4) is 0 Å². The average molecular weight is 221 g/mol. The summed E-state index contributed by atoms with van der Waals surface area (Å²) in [6, 6.07) is 4.83. The largest absolute Gasteiger partial charge is 0.454 e. The summed E-state index contributed by atoms with van der Waals surface area (Å²) >= 11 is 0. The third kappa shape index (κ3) is 1.14. The van der Waals surface area contributed by atoms with Crippen LogP contribution >= 0.6 is 0 Å². The Balaban J connectivity index is 2.22. The number of ether oxygens (including phenoxy) is 2. The van der Waals surface area contributed by atoms with Crippen LogP contribution in [-0.2, 0) is 0 Å². The Morgan fingerprint density at radius 1 is 1.06 bits per heavy atom. The highest BCUT2D eigenvalue weighted by atomic mass is 16.7. The van der Waals surface area contributed by atoms with Gasteiger partial charge in [0.05, 0.1) is 5.69 Å². The maximum Gasteiger partial charge on any atom is 0.348 e. The third-order valence-corrected chi connectivity index (χ3v) is 2.30. The van der Waals surface area contributed by atoms with Gasteiger partial charge in [-0.15, -0.1) is 0 Å². The van der Waals surface area contributed by atoms with E-state index in [1.54, 1.807) is 18.2 Å². The number of H-pyrrole nitrogens is 2. The smallest absolute Gasteiger partial charge is 0.348 e. The Hall–Kier alpha value is -2.44. The quantitative estimate of drug-likeness (QED) is 0.684. The van der Waals surface area contributed by atoms with Crippen LogP contribution in [0.25, 0.3) is 5.69 Å². The van der Waals surface area contributed by atoms with Crippen molar-refractivity contribution in [1.82, 2.24) is 14.8 Å². The van der Waals surface area contributed by atoms with E-state index in [1.165, 1.54) is 0 Å². The first kappa shape index (κ1) is 8.84. The number of benzene rings is 1. The lowest BCUT2D eigenvalue weighted by Gasteiger charge is -2.00. The van der Waals surface area contributed by atoms with Gasteiger partial charge in [0.2, 0.25) is 6.79 Å². The summed E-state index contributed by atoms with van der Waals surface area (Å²) in [7, 11) is 0. The van der Waals surface area contributed by atoms with Gasteiger partial charge in [0.1, 0.15) is 0 Å². The summed E-state index contributed by atoms with van der Waals surface area (Å²) in [5, 5.41) is 4.40. The van der Waals surface area contributed by atoms with Crippen molar-refractivity contribution in [2.24, 2.45) is 0 Å². The molecule has 82 valence electrons. The molecule has 0 radical (unpaired) electrons. The molecule has 0 aliphatic carbocycles. The second-order valence-electron chi connectivity index (χ2n) is 3.23. The Morgan fingerprint density at radius 2 is 1.75 bits per heavy atom. The summed E-state index contributed by atoms with van der Waals surface area (Å²) in [5.74, 6) is 1.12. The van der Waals surface area contributed by atoms with Crippen molar-refractivity contribution < 1.29 is 9.47 Å². The molecule has 0 unspecified atom stereocenters. The van der Waals surface area contributed by atoms with Crippen molar-refractivity contribution >= 4 is 0 Å². The Morgan fingerprint density at radius 3 is 2.50 bits per heavy atom. The van der Waals surface area contributed by atoms with Gasteiger partial charge < -0.3 is 9.47 Å². The monoisotopic (exact) mass is 221 g/mol. The summed E-state index contributed by atoms with van der Waals surface area (Å²) in [6.45, 7) is 0.150. The van der Waals surface area contributed by atoms with Crippen LogP contribution < -0.4 is 20.9 Å². The zero-order valence-corrected chi connectivity index (χ0v) is 8.02. The standard InChI is InChI=1S/C9H7N3O4/c13-8-10-11-9(14)12(8)5-1-2-6-7(3-5)16-4-15-6/h1-3H,4H2,(H,10,13)(H,11,14). The second-order valence-corrected chi connectivity index (χ2v) is 3.23. The first-order chi connectivity index (χ1) is 7.75. The van der Waals surface area contributed by atoms with E-state index in [9.17, 15) is 9.59 Å². The van der Waals surface area contributed by atoms with Crippen molar-refractivity contribution in [3.63, 3.8) is 0 Å². The molecule has 3 rings (SSSR count). The Bertz CT molecular complexity index is 624. The van der Waals surface area contributed by atoms with Crippen LogP contribution in [0.15, 0.2) is 27.8 Å². The van der Waals surface area contributed by atoms with Gasteiger partial charge in [0.15, 0.2) is 11.5 Å². The van der Waals surface area contributed by atoms with Crippen LogP contribution in [0.5, 0.6) is 11.5 Å². The molecular formula is C9H7N3O4. The van der Waals surface area contributed by atoms with Crippen LogP contribution in [0.2, 0.25) is 0 Å². The fourth-order valence-corrected chi connectivity index (χ4v) is 1.57. The number of hydrogen-bond donors (Lipinski definition) is 2. The third-order valence-electron chi connectivity index (χ3n) is 2.30. The number of hydrogen-bond acceptors (Lipinski definition) is 4. The van der Waals surface area contributed by atoms with E-state index in [4.69, 9.17) is 9.47 Å². The number of aromatic amines is 2. The highest BCUT2D eigenvalue weighted by Crippen LogP contribution is 2.32. The van der Waals surface area contributed by atoms with Gasteiger partial charge in [0, 0.05) is 6.07 Å². The van der Waals surface area contributed by atoms with Gasteiger partial charge in [-0.1, -0.05) is 0 Å². The zero-order valence-electron chi connectivity index (χ0n) is 8.02. The first-order valence-electron chi connectivity index (χ1n) is 4.55. The maximum absolute atomic E-state index is 11.3. The maximum atomic E-state index is 11.3. The number of nitrogens with one attached hydrogen (secondary N) is 2. The molecule has 0 saturated carbocycles. The van der Waals surface area contributed by atoms with Crippen molar-refractivity contribution in [1.29, 1.82) is 0 Å². The molecule has 0 fully saturated rings. The van der Waals surface area contributed by atoms with Crippen molar-refractivity contribution in [2.75, 3.05) is 6.79 Å². The fourth-order valence-electron chi connectivity index (χ4n) is 1.57. The zero-order chi connectivity index (χ0) is 11.1. The van der Waals surface area contributed by atoms with Gasteiger partial charge in [-0.05, 0) is 12.1 Å². The lowest BCUT2D eigenvalue weighted by Crippen LogP contribution is -2.24.